The van der Waals surface area contributed by atoms with E-state index in [4.69, 9.17) is 10.5 Å². The maximum absolute atomic E-state index is 13.3. The molecular weight excluding hydrogens is 524 g/mol. The first-order valence-corrected chi connectivity index (χ1v) is 13.2. The fourth-order valence-corrected chi connectivity index (χ4v) is 4.55. The third-order valence-corrected chi connectivity index (χ3v) is 6.95. The van der Waals surface area contributed by atoms with Gasteiger partial charge in [0.1, 0.15) is 5.69 Å². The SMILES string of the molecule is CCC(CC)O[C@@H]1C=C(C(=O)NC(C)(C)c2cn(Cc3ccc(Br)cc3)nn2)C[C@H](N)[C@H]1NC(C)=O. The van der Waals surface area contributed by atoms with Crippen molar-refractivity contribution in [3.8, 4) is 0 Å². The molecule has 1 heterocycles. The minimum absolute atomic E-state index is 0.00864. The number of hydrogen-bond donors (Lipinski definition) is 3. The standard InChI is InChI=1S/C26H37BrN6O3/c1-6-20(7-2)36-22-13-18(12-21(28)24(22)29-16(3)34)25(35)30-26(4,5)23-15-33(32-31-23)14-17-8-10-19(27)11-9-17/h8-11,13,15,20-22,24H,6-7,12,14,28H2,1-5H3,(H,29,34)(H,30,35)/t21-,22+,24+/m0/s1. The lowest BCUT2D eigenvalue weighted by Crippen LogP contribution is -2.57. The lowest BCUT2D eigenvalue weighted by atomic mass is 9.87. The van der Waals surface area contributed by atoms with Crippen molar-refractivity contribution < 1.29 is 14.3 Å². The molecule has 3 atom stereocenters. The normalized spacial score (nSPS) is 20.2. The molecule has 0 fully saturated rings. The topological polar surface area (TPSA) is 124 Å². The van der Waals surface area contributed by atoms with E-state index in [0.29, 0.717) is 24.2 Å². The number of ether oxygens (including phenoxy) is 1. The van der Waals surface area contributed by atoms with Crippen molar-refractivity contribution in [3.05, 3.63) is 57.8 Å². The van der Waals surface area contributed by atoms with E-state index < -0.39 is 23.7 Å². The zero-order valence-corrected chi connectivity index (χ0v) is 23.2. The third-order valence-electron chi connectivity index (χ3n) is 6.42. The van der Waals surface area contributed by atoms with E-state index in [9.17, 15) is 9.59 Å². The monoisotopic (exact) mass is 560 g/mol. The van der Waals surface area contributed by atoms with E-state index in [1.165, 1.54) is 6.92 Å². The van der Waals surface area contributed by atoms with Crippen molar-refractivity contribution >= 4 is 27.7 Å². The highest BCUT2D eigenvalue weighted by molar-refractivity contribution is 9.10. The minimum Gasteiger partial charge on any atom is -0.369 e. The highest BCUT2D eigenvalue weighted by atomic mass is 79.9. The van der Waals surface area contributed by atoms with E-state index >= 15 is 0 Å². The van der Waals surface area contributed by atoms with E-state index in [0.717, 1.165) is 22.9 Å². The van der Waals surface area contributed by atoms with Crippen LogP contribution >= 0.6 is 15.9 Å². The molecule has 9 nitrogen and oxygen atoms in total. The zero-order valence-electron chi connectivity index (χ0n) is 21.6. The van der Waals surface area contributed by atoms with Gasteiger partial charge in [-0.2, -0.15) is 0 Å². The number of nitrogens with zero attached hydrogens (tertiary/aromatic N) is 3. The molecule has 0 aliphatic heterocycles. The Morgan fingerprint density at radius 1 is 1.25 bits per heavy atom. The molecule has 1 aliphatic carbocycles. The summed E-state index contributed by atoms with van der Waals surface area (Å²) in [6, 6.07) is 7.16. The van der Waals surface area contributed by atoms with Gasteiger partial charge in [-0.15, -0.1) is 5.10 Å². The molecule has 0 saturated heterocycles. The van der Waals surface area contributed by atoms with Crippen LogP contribution < -0.4 is 16.4 Å². The number of halogens is 1. The first-order chi connectivity index (χ1) is 17.0. The van der Waals surface area contributed by atoms with Gasteiger partial charge in [0.15, 0.2) is 0 Å². The first-order valence-electron chi connectivity index (χ1n) is 12.4. The molecule has 2 aromatic rings. The summed E-state index contributed by atoms with van der Waals surface area (Å²) in [6.45, 7) is 9.91. The molecule has 1 aliphatic rings. The number of aromatic nitrogens is 3. The smallest absolute Gasteiger partial charge is 0.247 e. The van der Waals surface area contributed by atoms with E-state index in [1.54, 1.807) is 10.8 Å². The van der Waals surface area contributed by atoms with E-state index in [-0.39, 0.29) is 17.9 Å². The highest BCUT2D eigenvalue weighted by Gasteiger charge is 2.37. The number of nitrogens with one attached hydrogen (secondary N) is 2. The van der Waals surface area contributed by atoms with Crippen molar-refractivity contribution in [2.75, 3.05) is 0 Å². The molecule has 3 rings (SSSR count). The van der Waals surface area contributed by atoms with Gasteiger partial charge in [0, 0.05) is 23.0 Å². The Morgan fingerprint density at radius 2 is 1.92 bits per heavy atom. The molecule has 36 heavy (non-hydrogen) atoms. The largest absolute Gasteiger partial charge is 0.369 e. The molecule has 196 valence electrons. The van der Waals surface area contributed by atoms with Crippen molar-refractivity contribution in [2.45, 2.75) is 90.3 Å². The fourth-order valence-electron chi connectivity index (χ4n) is 4.28. The summed E-state index contributed by atoms with van der Waals surface area (Å²) in [5, 5.41) is 14.5. The number of hydrogen-bond acceptors (Lipinski definition) is 6. The first kappa shape index (κ1) is 28.0. The summed E-state index contributed by atoms with van der Waals surface area (Å²) in [5.41, 5.74) is 7.94. The molecule has 10 heteroatoms. The lowest BCUT2D eigenvalue weighted by Gasteiger charge is -2.37. The molecular formula is C26H37BrN6O3. The van der Waals surface area contributed by atoms with Crippen LogP contribution in [-0.2, 0) is 26.4 Å². The molecule has 4 N–H and O–H groups in total. The minimum atomic E-state index is -0.764. The Balaban J connectivity index is 1.75. The predicted molar refractivity (Wildman–Crippen MR) is 142 cm³/mol. The van der Waals surface area contributed by atoms with Crippen LogP contribution in [0.15, 0.2) is 46.6 Å². The van der Waals surface area contributed by atoms with Crippen molar-refractivity contribution in [3.63, 3.8) is 0 Å². The second kappa shape index (κ2) is 12.1. The van der Waals surface area contributed by atoms with E-state index in [2.05, 4.69) is 36.9 Å². The molecule has 2 amide bonds. The van der Waals surface area contributed by atoms with Gasteiger partial charge in [-0.05, 0) is 56.9 Å². The summed E-state index contributed by atoms with van der Waals surface area (Å²) in [5.74, 6) is -0.417. The number of benzene rings is 1. The Bertz CT molecular complexity index is 1080. The Morgan fingerprint density at radius 3 is 2.53 bits per heavy atom. The van der Waals surface area contributed by atoms with Gasteiger partial charge in [0.25, 0.3) is 0 Å². The molecule has 1 aromatic heterocycles. The van der Waals surface area contributed by atoms with Crippen LogP contribution in [0, 0.1) is 0 Å². The van der Waals surface area contributed by atoms with Gasteiger partial charge < -0.3 is 21.1 Å². The maximum atomic E-state index is 13.3. The number of carbonyl (C=O) groups excluding carboxylic acids is 2. The second-order valence-electron chi connectivity index (χ2n) is 9.83. The number of rotatable bonds is 10. The van der Waals surface area contributed by atoms with Gasteiger partial charge in [0.2, 0.25) is 11.8 Å². The van der Waals surface area contributed by atoms with Crippen LogP contribution in [-0.4, -0.2) is 51.1 Å². The second-order valence-corrected chi connectivity index (χ2v) is 10.7. The Kier molecular flexibility index (Phi) is 9.43. The van der Waals surface area contributed by atoms with Gasteiger partial charge in [-0.1, -0.05) is 47.1 Å². The van der Waals surface area contributed by atoms with E-state index in [1.807, 2.05) is 58.2 Å². The fraction of sp³-hybridized carbons (Fsp3) is 0.538. The molecule has 0 radical (unpaired) electrons. The van der Waals surface area contributed by atoms with Crippen molar-refractivity contribution in [1.82, 2.24) is 25.6 Å². The van der Waals surface area contributed by atoms with Crippen molar-refractivity contribution in [2.24, 2.45) is 5.73 Å². The van der Waals surface area contributed by atoms with Crippen LogP contribution in [0.5, 0.6) is 0 Å². The number of carbonyl (C=O) groups is 2. The molecule has 0 unspecified atom stereocenters. The lowest BCUT2D eigenvalue weighted by molar-refractivity contribution is -0.121. The highest BCUT2D eigenvalue weighted by Crippen LogP contribution is 2.25. The predicted octanol–water partition coefficient (Wildman–Crippen LogP) is 3.18. The maximum Gasteiger partial charge on any atom is 0.247 e. The summed E-state index contributed by atoms with van der Waals surface area (Å²) in [6.07, 6.45) is 5.15. The average Bonchev–Trinajstić information content (AvgIpc) is 3.30. The number of nitrogens with two attached hydrogens (primary N) is 1. The Labute approximate surface area is 221 Å². The third kappa shape index (κ3) is 7.24. The van der Waals surface area contributed by atoms with Gasteiger partial charge >= 0.3 is 0 Å². The molecule has 0 spiro atoms. The van der Waals surface area contributed by atoms with Crippen LogP contribution in [0.3, 0.4) is 0 Å². The molecule has 0 saturated carbocycles. The summed E-state index contributed by atoms with van der Waals surface area (Å²) < 4.78 is 9.02. The van der Waals surface area contributed by atoms with Crippen LogP contribution in [0.25, 0.3) is 0 Å². The van der Waals surface area contributed by atoms with Crippen LogP contribution in [0.1, 0.15) is 65.1 Å². The summed E-state index contributed by atoms with van der Waals surface area (Å²) in [4.78, 5) is 25.1. The number of amides is 2. The summed E-state index contributed by atoms with van der Waals surface area (Å²) >= 11 is 3.44. The summed E-state index contributed by atoms with van der Waals surface area (Å²) in [7, 11) is 0. The van der Waals surface area contributed by atoms with Gasteiger partial charge in [0.05, 0.1) is 36.5 Å². The van der Waals surface area contributed by atoms with Crippen LogP contribution in [0.2, 0.25) is 0 Å². The van der Waals surface area contributed by atoms with Crippen LogP contribution in [0.4, 0.5) is 0 Å². The Hall–Kier alpha value is -2.56. The average molecular weight is 562 g/mol. The molecule has 1 aromatic carbocycles. The van der Waals surface area contributed by atoms with Gasteiger partial charge in [-0.25, -0.2) is 4.68 Å². The zero-order chi connectivity index (χ0) is 26.5. The quantitative estimate of drug-likeness (QED) is 0.410. The van der Waals surface area contributed by atoms with Gasteiger partial charge in [-0.3, -0.25) is 9.59 Å². The molecule has 0 bridgehead atoms. The van der Waals surface area contributed by atoms with Crippen molar-refractivity contribution in [1.29, 1.82) is 0 Å².